The maximum absolute atomic E-state index is 6.39. The van der Waals surface area contributed by atoms with Crippen LogP contribution in [0.3, 0.4) is 0 Å². The lowest BCUT2D eigenvalue weighted by Crippen LogP contribution is -2.44. The normalized spacial score (nSPS) is 18.9. The van der Waals surface area contributed by atoms with Crippen molar-refractivity contribution in [1.29, 1.82) is 0 Å². The van der Waals surface area contributed by atoms with E-state index in [-0.39, 0.29) is 0 Å². The van der Waals surface area contributed by atoms with Crippen LogP contribution in [0.2, 0.25) is 0 Å². The summed E-state index contributed by atoms with van der Waals surface area (Å²) in [5.74, 6) is 0.905. The van der Waals surface area contributed by atoms with Crippen LogP contribution in [0.5, 0.6) is 5.75 Å². The quantitative estimate of drug-likeness (QED) is 0.405. The standard InChI is InChI=1S/C29H23NO/c1-20-16-17-24-23(18-20)27(21-10-4-2-5-11-21)28(22-12-6-3-7-13-22)29(24)19-31-26-15-9-8-14-25(26)30-29/h2-18,30H,19H2,1H3. The zero-order chi connectivity index (χ0) is 20.8. The van der Waals surface area contributed by atoms with Crippen molar-refractivity contribution in [1.82, 2.24) is 0 Å². The van der Waals surface area contributed by atoms with E-state index in [0.717, 1.165) is 11.4 Å². The largest absolute Gasteiger partial charge is 0.488 e. The van der Waals surface area contributed by atoms with Crippen LogP contribution in [-0.2, 0) is 5.54 Å². The van der Waals surface area contributed by atoms with E-state index in [9.17, 15) is 0 Å². The van der Waals surface area contributed by atoms with Gasteiger partial charge in [-0.3, -0.25) is 0 Å². The van der Waals surface area contributed by atoms with Gasteiger partial charge in [0.1, 0.15) is 17.9 Å². The van der Waals surface area contributed by atoms with Gasteiger partial charge in [0.25, 0.3) is 0 Å². The Balaban J connectivity index is 1.70. The maximum Gasteiger partial charge on any atom is 0.142 e. The van der Waals surface area contributed by atoms with Crippen molar-refractivity contribution < 1.29 is 4.74 Å². The minimum atomic E-state index is -0.454. The molecule has 0 amide bonds. The molecule has 6 rings (SSSR count). The van der Waals surface area contributed by atoms with Crippen LogP contribution in [-0.4, -0.2) is 6.61 Å². The van der Waals surface area contributed by atoms with Gasteiger partial charge in [-0.05, 0) is 46.9 Å². The number of ether oxygens (including phenoxy) is 1. The summed E-state index contributed by atoms with van der Waals surface area (Å²) < 4.78 is 6.39. The fraction of sp³-hybridized carbons (Fsp3) is 0.103. The first kappa shape index (κ1) is 18.0. The number of fused-ring (bicyclic) bond motifs is 3. The molecule has 1 heterocycles. The van der Waals surface area contributed by atoms with E-state index in [1.54, 1.807) is 0 Å². The minimum absolute atomic E-state index is 0.454. The lowest BCUT2D eigenvalue weighted by molar-refractivity contribution is 0.256. The highest BCUT2D eigenvalue weighted by atomic mass is 16.5. The summed E-state index contributed by atoms with van der Waals surface area (Å²) in [5.41, 5.74) is 9.37. The monoisotopic (exact) mass is 401 g/mol. The predicted octanol–water partition coefficient (Wildman–Crippen LogP) is 6.67. The molecule has 1 unspecified atom stereocenters. The molecule has 150 valence electrons. The molecule has 4 aromatic rings. The van der Waals surface area contributed by atoms with Crippen LogP contribution in [0, 0.1) is 6.92 Å². The van der Waals surface area contributed by atoms with E-state index >= 15 is 0 Å². The van der Waals surface area contributed by atoms with Crippen molar-refractivity contribution in [3.8, 4) is 5.75 Å². The first-order valence-corrected chi connectivity index (χ1v) is 10.7. The second kappa shape index (κ2) is 6.88. The van der Waals surface area contributed by atoms with E-state index in [0.29, 0.717) is 6.61 Å². The summed E-state index contributed by atoms with van der Waals surface area (Å²) in [6.45, 7) is 2.71. The Morgan fingerprint density at radius 2 is 1.42 bits per heavy atom. The van der Waals surface area contributed by atoms with E-state index in [4.69, 9.17) is 4.74 Å². The van der Waals surface area contributed by atoms with E-state index in [1.165, 1.54) is 39.0 Å². The highest BCUT2D eigenvalue weighted by Gasteiger charge is 2.48. The highest BCUT2D eigenvalue weighted by Crippen LogP contribution is 2.55. The summed E-state index contributed by atoms with van der Waals surface area (Å²) in [7, 11) is 0. The van der Waals surface area contributed by atoms with E-state index in [2.05, 4.69) is 103 Å². The first-order valence-electron chi connectivity index (χ1n) is 10.7. The molecule has 2 aliphatic rings. The Morgan fingerprint density at radius 1 is 0.742 bits per heavy atom. The minimum Gasteiger partial charge on any atom is -0.488 e. The molecule has 4 aromatic carbocycles. The van der Waals surface area contributed by atoms with Gasteiger partial charge >= 0.3 is 0 Å². The van der Waals surface area contributed by atoms with Gasteiger partial charge in [0.05, 0.1) is 5.69 Å². The van der Waals surface area contributed by atoms with E-state index in [1.807, 2.05) is 12.1 Å². The Morgan fingerprint density at radius 3 is 2.19 bits per heavy atom. The van der Waals surface area contributed by atoms with Crippen molar-refractivity contribution in [3.05, 3.63) is 131 Å². The van der Waals surface area contributed by atoms with Gasteiger partial charge in [-0.25, -0.2) is 0 Å². The molecule has 0 saturated heterocycles. The third-order valence-electron chi connectivity index (χ3n) is 6.39. The van der Waals surface area contributed by atoms with Crippen LogP contribution in [0.1, 0.15) is 27.8 Å². The average molecular weight is 402 g/mol. The predicted molar refractivity (Wildman–Crippen MR) is 127 cm³/mol. The molecule has 0 bridgehead atoms. The molecule has 0 aromatic heterocycles. The Labute approximate surface area is 182 Å². The fourth-order valence-corrected chi connectivity index (χ4v) is 5.05. The number of aryl methyl sites for hydroxylation is 1. The molecular formula is C29H23NO. The van der Waals surface area contributed by atoms with Gasteiger partial charge < -0.3 is 10.1 Å². The van der Waals surface area contributed by atoms with Gasteiger partial charge in [-0.15, -0.1) is 0 Å². The molecule has 31 heavy (non-hydrogen) atoms. The molecule has 1 aliphatic heterocycles. The van der Waals surface area contributed by atoms with Crippen molar-refractivity contribution in [2.45, 2.75) is 12.5 Å². The lowest BCUT2D eigenvalue weighted by Gasteiger charge is -2.40. The fourth-order valence-electron chi connectivity index (χ4n) is 5.05. The van der Waals surface area contributed by atoms with Gasteiger partial charge in [-0.2, -0.15) is 0 Å². The van der Waals surface area contributed by atoms with Gasteiger partial charge in [0.2, 0.25) is 0 Å². The summed E-state index contributed by atoms with van der Waals surface area (Å²) in [4.78, 5) is 0. The molecular weight excluding hydrogens is 378 g/mol. The van der Waals surface area contributed by atoms with Gasteiger partial charge in [-0.1, -0.05) is 96.6 Å². The molecule has 1 aliphatic carbocycles. The third kappa shape index (κ3) is 2.72. The van der Waals surface area contributed by atoms with Crippen molar-refractivity contribution in [2.24, 2.45) is 0 Å². The number of anilines is 1. The maximum atomic E-state index is 6.39. The van der Waals surface area contributed by atoms with Crippen LogP contribution < -0.4 is 10.1 Å². The number of hydrogen-bond donors (Lipinski definition) is 1. The lowest BCUT2D eigenvalue weighted by atomic mass is 9.81. The van der Waals surface area contributed by atoms with E-state index < -0.39 is 5.54 Å². The van der Waals surface area contributed by atoms with Crippen molar-refractivity contribution >= 4 is 16.8 Å². The van der Waals surface area contributed by atoms with Gasteiger partial charge in [0, 0.05) is 5.57 Å². The molecule has 1 N–H and O–H groups in total. The number of hydrogen-bond acceptors (Lipinski definition) is 2. The van der Waals surface area contributed by atoms with Crippen LogP contribution in [0.4, 0.5) is 5.69 Å². The Kier molecular flexibility index (Phi) is 4.00. The second-order valence-electron chi connectivity index (χ2n) is 8.35. The molecule has 2 heteroatoms. The summed E-state index contributed by atoms with van der Waals surface area (Å²) in [6.07, 6.45) is 0. The molecule has 0 saturated carbocycles. The topological polar surface area (TPSA) is 21.3 Å². The Hall–Kier alpha value is -3.78. The molecule has 0 radical (unpaired) electrons. The Bertz CT molecular complexity index is 1310. The smallest absolute Gasteiger partial charge is 0.142 e. The second-order valence-corrected chi connectivity index (χ2v) is 8.35. The first-order chi connectivity index (χ1) is 15.3. The molecule has 2 nitrogen and oxygen atoms in total. The number of nitrogens with one attached hydrogen (secondary N) is 1. The molecule has 1 atom stereocenters. The molecule has 0 fully saturated rings. The third-order valence-corrected chi connectivity index (χ3v) is 6.39. The number of benzene rings is 4. The zero-order valence-corrected chi connectivity index (χ0v) is 17.4. The van der Waals surface area contributed by atoms with Crippen LogP contribution in [0.15, 0.2) is 103 Å². The summed E-state index contributed by atoms with van der Waals surface area (Å²) in [5, 5.41) is 3.91. The molecule has 1 spiro atoms. The van der Waals surface area contributed by atoms with Crippen molar-refractivity contribution in [2.75, 3.05) is 11.9 Å². The average Bonchev–Trinajstić information content (AvgIpc) is 3.09. The zero-order valence-electron chi connectivity index (χ0n) is 17.4. The number of rotatable bonds is 2. The van der Waals surface area contributed by atoms with Crippen molar-refractivity contribution in [3.63, 3.8) is 0 Å². The SMILES string of the molecule is Cc1ccc2c(c1)C(c1ccccc1)=C(c1ccccc1)C21COc2ccccc2N1. The summed E-state index contributed by atoms with van der Waals surface area (Å²) in [6, 6.07) is 36.5. The van der Waals surface area contributed by atoms with Crippen LogP contribution >= 0.6 is 0 Å². The summed E-state index contributed by atoms with van der Waals surface area (Å²) >= 11 is 0. The van der Waals surface area contributed by atoms with Crippen LogP contribution in [0.25, 0.3) is 11.1 Å². The van der Waals surface area contributed by atoms with Gasteiger partial charge in [0.15, 0.2) is 0 Å². The highest BCUT2D eigenvalue weighted by molar-refractivity contribution is 6.08. The number of para-hydroxylation sites is 2.